The van der Waals surface area contributed by atoms with Crippen molar-refractivity contribution in [2.75, 3.05) is 41.4 Å². The number of Topliss-reactive ketones (excluding diaryl/α,β-unsaturated/α-hetero) is 1. The van der Waals surface area contributed by atoms with Gasteiger partial charge in [0.15, 0.2) is 11.6 Å². The Bertz CT molecular complexity index is 1130. The van der Waals surface area contributed by atoms with Gasteiger partial charge in [-0.15, -0.1) is 0 Å². The van der Waals surface area contributed by atoms with Crippen molar-refractivity contribution in [3.05, 3.63) is 36.0 Å². The first-order valence-corrected chi connectivity index (χ1v) is 11.4. The lowest BCUT2D eigenvalue weighted by Gasteiger charge is -2.35. The summed E-state index contributed by atoms with van der Waals surface area (Å²) in [7, 11) is 0. The maximum Gasteiger partial charge on any atom is 0.391 e. The Morgan fingerprint density at radius 2 is 2.03 bits per heavy atom. The fourth-order valence-corrected chi connectivity index (χ4v) is 4.09. The SMILES string of the molecule is C[C@@H](CC(=O)c1ccc2c(n1)N(C(=O)Nc1cccc(OC[C@H](O)CO)n1)[C@H]1CCN2C1)C(F)(F)F. The smallest absolute Gasteiger partial charge is 0.391 e. The van der Waals surface area contributed by atoms with E-state index in [1.165, 1.54) is 23.1 Å². The van der Waals surface area contributed by atoms with Crippen molar-refractivity contribution in [3.8, 4) is 5.88 Å². The number of carbonyl (C=O) groups excluding carboxylic acids is 2. The predicted octanol–water partition coefficient (Wildman–Crippen LogP) is 2.61. The highest BCUT2D eigenvalue weighted by atomic mass is 19.4. The number of hydrogen-bond acceptors (Lipinski definition) is 8. The number of urea groups is 1. The van der Waals surface area contributed by atoms with Crippen molar-refractivity contribution in [2.24, 2.45) is 5.92 Å². The van der Waals surface area contributed by atoms with Gasteiger partial charge in [0.05, 0.1) is 24.3 Å². The summed E-state index contributed by atoms with van der Waals surface area (Å²) in [5.41, 5.74) is 0.475. The Labute approximate surface area is 204 Å². The van der Waals surface area contributed by atoms with Crippen molar-refractivity contribution >= 4 is 29.1 Å². The highest BCUT2D eigenvalue weighted by molar-refractivity contribution is 6.05. The van der Waals surface area contributed by atoms with E-state index in [0.717, 1.165) is 6.92 Å². The standard InChI is InChI=1S/C23H26F3N5O5/c1-13(23(24,25)26)9-18(34)16-5-6-17-21(27-16)31(14-7-8-30(17)10-14)22(35)29-19-3-2-4-20(28-19)36-12-15(33)11-32/h2-6,13-15,32-33H,7-12H2,1H3,(H,28,29,35)/t13-,14-,15+/m0/s1. The van der Waals surface area contributed by atoms with Crippen LogP contribution in [0.1, 0.15) is 30.3 Å². The van der Waals surface area contributed by atoms with E-state index in [9.17, 15) is 27.9 Å². The summed E-state index contributed by atoms with van der Waals surface area (Å²) in [6.07, 6.45) is -5.67. The number of amides is 2. The van der Waals surface area contributed by atoms with Gasteiger partial charge in [-0.1, -0.05) is 13.0 Å². The normalized spacial score (nSPS) is 18.4. The number of rotatable bonds is 8. The molecule has 0 radical (unpaired) electrons. The monoisotopic (exact) mass is 509 g/mol. The van der Waals surface area contributed by atoms with Gasteiger partial charge >= 0.3 is 12.2 Å². The first kappa shape index (κ1) is 25.6. The number of nitrogens with one attached hydrogen (secondary N) is 1. The van der Waals surface area contributed by atoms with Crippen LogP contribution >= 0.6 is 0 Å². The van der Waals surface area contributed by atoms with Crippen LogP contribution in [0.3, 0.4) is 0 Å². The summed E-state index contributed by atoms with van der Waals surface area (Å²) in [5.74, 6) is -2.10. The van der Waals surface area contributed by atoms with Crippen LogP contribution in [0.2, 0.25) is 0 Å². The Hall–Kier alpha value is -3.45. The third-order valence-corrected chi connectivity index (χ3v) is 6.10. The van der Waals surface area contributed by atoms with E-state index in [4.69, 9.17) is 9.84 Å². The Kier molecular flexibility index (Phi) is 7.31. The molecule has 1 fully saturated rings. The molecule has 0 saturated carbocycles. The fourth-order valence-electron chi connectivity index (χ4n) is 4.09. The number of fused-ring (bicyclic) bond motifs is 4. The lowest BCUT2D eigenvalue weighted by Crippen LogP contribution is -2.48. The van der Waals surface area contributed by atoms with Crippen LogP contribution in [-0.2, 0) is 0 Å². The average Bonchev–Trinajstić information content (AvgIpc) is 3.25. The van der Waals surface area contributed by atoms with Gasteiger partial charge in [-0.25, -0.2) is 9.78 Å². The summed E-state index contributed by atoms with van der Waals surface area (Å²) in [4.78, 5) is 37.8. The van der Waals surface area contributed by atoms with Crippen LogP contribution in [0.5, 0.6) is 5.88 Å². The number of ether oxygens (including phenoxy) is 1. The highest BCUT2D eigenvalue weighted by Crippen LogP contribution is 2.39. The van der Waals surface area contributed by atoms with E-state index in [1.54, 1.807) is 12.1 Å². The molecular formula is C23H26F3N5O5. The van der Waals surface area contributed by atoms with Crippen LogP contribution in [0.15, 0.2) is 30.3 Å². The lowest BCUT2D eigenvalue weighted by atomic mass is 10.0. The number of halogens is 3. The van der Waals surface area contributed by atoms with Crippen LogP contribution < -0.4 is 19.9 Å². The Balaban J connectivity index is 1.55. The molecule has 2 aromatic heterocycles. The van der Waals surface area contributed by atoms with Crippen molar-refractivity contribution in [1.82, 2.24) is 9.97 Å². The molecule has 0 aromatic carbocycles. The highest BCUT2D eigenvalue weighted by Gasteiger charge is 2.41. The van der Waals surface area contributed by atoms with Crippen LogP contribution in [0.4, 0.5) is 35.3 Å². The average molecular weight is 509 g/mol. The zero-order valence-corrected chi connectivity index (χ0v) is 19.4. The predicted molar refractivity (Wildman–Crippen MR) is 123 cm³/mol. The van der Waals surface area contributed by atoms with Crippen LogP contribution in [-0.4, -0.2) is 76.6 Å². The molecule has 0 unspecified atom stereocenters. The minimum absolute atomic E-state index is 0.121. The number of nitrogens with zero attached hydrogens (tertiary/aromatic N) is 4. The molecule has 0 spiro atoms. The minimum Gasteiger partial charge on any atom is -0.475 e. The molecule has 13 heteroatoms. The van der Waals surface area contributed by atoms with Gasteiger partial charge in [-0.3, -0.25) is 15.0 Å². The number of hydrogen-bond donors (Lipinski definition) is 3. The van der Waals surface area contributed by atoms with Gasteiger partial charge in [0.2, 0.25) is 5.88 Å². The molecule has 2 amide bonds. The first-order chi connectivity index (χ1) is 17.1. The first-order valence-electron chi connectivity index (χ1n) is 11.4. The van der Waals surface area contributed by atoms with Crippen molar-refractivity contribution in [1.29, 1.82) is 0 Å². The molecule has 3 atom stereocenters. The molecule has 194 valence electrons. The second-order valence-corrected chi connectivity index (χ2v) is 8.81. The number of alkyl halides is 3. The number of aliphatic hydroxyl groups is 2. The van der Waals surface area contributed by atoms with E-state index in [0.29, 0.717) is 25.2 Å². The molecule has 1 saturated heterocycles. The lowest BCUT2D eigenvalue weighted by molar-refractivity contribution is -0.168. The van der Waals surface area contributed by atoms with Crippen molar-refractivity contribution < 1.29 is 37.7 Å². The van der Waals surface area contributed by atoms with E-state index >= 15 is 0 Å². The number of pyridine rings is 2. The third kappa shape index (κ3) is 5.51. The Morgan fingerprint density at radius 3 is 2.75 bits per heavy atom. The summed E-state index contributed by atoms with van der Waals surface area (Å²) in [5, 5.41) is 21.0. The number of carbonyl (C=O) groups is 2. The molecule has 3 N–H and O–H groups in total. The maximum absolute atomic E-state index is 13.3. The molecule has 10 nitrogen and oxygen atoms in total. The van der Waals surface area contributed by atoms with E-state index in [2.05, 4.69) is 15.3 Å². The van der Waals surface area contributed by atoms with Gasteiger partial charge in [-0.05, 0) is 24.6 Å². The Morgan fingerprint density at radius 1 is 1.25 bits per heavy atom. The van der Waals surface area contributed by atoms with E-state index < -0.39 is 43.0 Å². The van der Waals surface area contributed by atoms with Gasteiger partial charge in [0.25, 0.3) is 0 Å². The summed E-state index contributed by atoms with van der Waals surface area (Å²) >= 11 is 0. The minimum atomic E-state index is -4.50. The van der Waals surface area contributed by atoms with Crippen LogP contribution in [0, 0.1) is 5.92 Å². The molecule has 2 aliphatic heterocycles. The second kappa shape index (κ2) is 10.3. The summed E-state index contributed by atoms with van der Waals surface area (Å²) in [6, 6.07) is 6.82. The summed E-state index contributed by atoms with van der Waals surface area (Å²) < 4.78 is 44.1. The second-order valence-electron chi connectivity index (χ2n) is 8.81. The van der Waals surface area contributed by atoms with Gasteiger partial charge in [0, 0.05) is 25.6 Å². The number of aromatic nitrogens is 2. The molecule has 2 aliphatic rings. The van der Waals surface area contributed by atoms with Crippen molar-refractivity contribution in [2.45, 2.75) is 38.1 Å². The largest absolute Gasteiger partial charge is 0.475 e. The fraction of sp³-hybridized carbons (Fsp3) is 0.478. The molecule has 4 rings (SSSR count). The number of ketones is 1. The van der Waals surface area contributed by atoms with Gasteiger partial charge in [0.1, 0.15) is 24.2 Å². The zero-order chi connectivity index (χ0) is 26.0. The van der Waals surface area contributed by atoms with E-state index in [-0.39, 0.29) is 35.9 Å². The molecule has 4 heterocycles. The molecule has 0 aliphatic carbocycles. The molecular weight excluding hydrogens is 483 g/mol. The molecule has 2 aromatic rings. The third-order valence-electron chi connectivity index (χ3n) is 6.10. The number of aliphatic hydroxyl groups excluding tert-OH is 2. The molecule has 2 bridgehead atoms. The topological polar surface area (TPSA) is 128 Å². The van der Waals surface area contributed by atoms with E-state index in [1.807, 2.05) is 4.90 Å². The number of anilines is 3. The summed E-state index contributed by atoms with van der Waals surface area (Å²) in [6.45, 7) is 1.49. The van der Waals surface area contributed by atoms with Gasteiger partial charge in [-0.2, -0.15) is 18.2 Å². The van der Waals surface area contributed by atoms with Gasteiger partial charge < -0.3 is 19.8 Å². The van der Waals surface area contributed by atoms with Crippen LogP contribution in [0.25, 0.3) is 0 Å². The molecule has 36 heavy (non-hydrogen) atoms. The maximum atomic E-state index is 13.3. The zero-order valence-electron chi connectivity index (χ0n) is 19.4. The van der Waals surface area contributed by atoms with Crippen molar-refractivity contribution in [3.63, 3.8) is 0 Å². The quantitative estimate of drug-likeness (QED) is 0.464.